The van der Waals surface area contributed by atoms with E-state index >= 15 is 0 Å². The zero-order valence-electron chi connectivity index (χ0n) is 15.7. The molecule has 0 aliphatic carbocycles. The van der Waals surface area contributed by atoms with E-state index in [0.29, 0.717) is 19.3 Å². The average molecular weight is 363 g/mol. The molecule has 0 spiro atoms. The molecule has 3 atom stereocenters. The smallest absolute Gasteiger partial charge is 0.305 e. The molecule has 0 rings (SSSR count). The van der Waals surface area contributed by atoms with Gasteiger partial charge in [-0.15, -0.1) is 0 Å². The van der Waals surface area contributed by atoms with Gasteiger partial charge in [0.1, 0.15) is 12.7 Å². The van der Waals surface area contributed by atoms with E-state index in [0.717, 1.165) is 44.9 Å². The molecule has 4 N–H and O–H groups in total. The summed E-state index contributed by atoms with van der Waals surface area (Å²) in [6.45, 7) is 1.58. The second-order valence-electron chi connectivity index (χ2n) is 6.81. The molecule has 3 unspecified atom stereocenters. The fourth-order valence-electron chi connectivity index (χ4n) is 2.63. The topological polar surface area (TPSA) is 107 Å². The first-order valence-electron chi connectivity index (χ1n) is 9.81. The molecule has 0 bridgehead atoms. The van der Waals surface area contributed by atoms with Crippen LogP contribution in [0.5, 0.6) is 0 Å². The van der Waals surface area contributed by atoms with Crippen molar-refractivity contribution in [2.45, 2.75) is 102 Å². The maximum absolute atomic E-state index is 11.4. The number of hydrogen-bond donors (Lipinski definition) is 4. The Balaban J connectivity index is 3.46. The molecule has 0 amide bonds. The first-order chi connectivity index (χ1) is 12.0. The molecule has 0 heterocycles. The molecule has 150 valence electrons. The van der Waals surface area contributed by atoms with Crippen LogP contribution in [0.1, 0.15) is 84.0 Å². The van der Waals surface area contributed by atoms with Crippen LogP contribution in [0.25, 0.3) is 0 Å². The van der Waals surface area contributed by atoms with Crippen LogP contribution in [0.15, 0.2) is 0 Å². The highest BCUT2D eigenvalue weighted by molar-refractivity contribution is 5.69. The molecule has 0 aliphatic heterocycles. The van der Waals surface area contributed by atoms with Gasteiger partial charge in [0, 0.05) is 6.42 Å². The first kappa shape index (κ1) is 24.3. The largest absolute Gasteiger partial charge is 0.463 e. The zero-order chi connectivity index (χ0) is 18.9. The van der Waals surface area contributed by atoms with Crippen molar-refractivity contribution in [3.63, 3.8) is 0 Å². The summed E-state index contributed by atoms with van der Waals surface area (Å²) < 4.78 is 4.82. The summed E-state index contributed by atoms with van der Waals surface area (Å²) in [6.07, 6.45) is 8.27. The quantitative estimate of drug-likeness (QED) is 0.234. The van der Waals surface area contributed by atoms with E-state index in [4.69, 9.17) is 14.9 Å². The van der Waals surface area contributed by atoms with Crippen molar-refractivity contribution < 1.29 is 30.0 Å². The van der Waals surface area contributed by atoms with Gasteiger partial charge in [0.2, 0.25) is 0 Å². The molecule has 0 aromatic heterocycles. The number of hydrogen-bond acceptors (Lipinski definition) is 6. The average Bonchev–Trinajstić information content (AvgIpc) is 2.61. The number of carbonyl (C=O) groups excluding carboxylic acids is 1. The summed E-state index contributed by atoms with van der Waals surface area (Å²) >= 11 is 0. The molecule has 0 aromatic carbocycles. The molecule has 6 nitrogen and oxygen atoms in total. The number of aliphatic hydroxyl groups is 4. The van der Waals surface area contributed by atoms with Crippen LogP contribution in [0, 0.1) is 0 Å². The van der Waals surface area contributed by atoms with E-state index in [1.165, 1.54) is 12.8 Å². The van der Waals surface area contributed by atoms with Gasteiger partial charge in [0.15, 0.2) is 0 Å². The number of rotatable bonds is 17. The Morgan fingerprint density at radius 2 is 1.36 bits per heavy atom. The Hall–Kier alpha value is -0.690. The third-order valence-corrected chi connectivity index (χ3v) is 4.33. The summed E-state index contributed by atoms with van der Waals surface area (Å²) in [6, 6.07) is 0. The third kappa shape index (κ3) is 15.3. The van der Waals surface area contributed by atoms with E-state index in [1.807, 2.05) is 0 Å². The van der Waals surface area contributed by atoms with Gasteiger partial charge in [-0.3, -0.25) is 4.79 Å². The molecule has 25 heavy (non-hydrogen) atoms. The molecule has 0 fully saturated rings. The summed E-state index contributed by atoms with van der Waals surface area (Å²) in [4.78, 5) is 11.4. The Labute approximate surface area is 152 Å². The minimum atomic E-state index is -1.00. The van der Waals surface area contributed by atoms with Crippen LogP contribution in [-0.4, -0.2) is 57.9 Å². The third-order valence-electron chi connectivity index (χ3n) is 4.33. The number of ether oxygens (including phenoxy) is 1. The van der Waals surface area contributed by atoms with Crippen LogP contribution in [0.4, 0.5) is 0 Å². The van der Waals surface area contributed by atoms with Crippen molar-refractivity contribution in [3.05, 3.63) is 0 Å². The Kier molecular flexibility index (Phi) is 16.3. The lowest BCUT2D eigenvalue weighted by Gasteiger charge is -2.17. The fourth-order valence-corrected chi connectivity index (χ4v) is 2.63. The predicted molar refractivity (Wildman–Crippen MR) is 97.1 cm³/mol. The van der Waals surface area contributed by atoms with E-state index in [9.17, 15) is 15.0 Å². The van der Waals surface area contributed by atoms with Crippen molar-refractivity contribution >= 4 is 5.97 Å². The standard InChI is InChI=1S/C19H38O6/c1-2-3-4-8-11-17(22)18(23)12-9-6-5-7-10-13-19(24)25-15-16(21)14-20/h16-18,20-23H,2-15H2,1H3. The van der Waals surface area contributed by atoms with Gasteiger partial charge in [-0.25, -0.2) is 0 Å². The lowest BCUT2D eigenvalue weighted by Crippen LogP contribution is -2.25. The lowest BCUT2D eigenvalue weighted by molar-refractivity contribution is -0.147. The number of unbranched alkanes of at least 4 members (excludes halogenated alkanes) is 7. The molecular weight excluding hydrogens is 324 g/mol. The van der Waals surface area contributed by atoms with Gasteiger partial charge in [-0.1, -0.05) is 58.3 Å². The summed E-state index contributed by atoms with van der Waals surface area (Å²) in [7, 11) is 0. The van der Waals surface area contributed by atoms with Crippen LogP contribution in [0.3, 0.4) is 0 Å². The number of esters is 1. The van der Waals surface area contributed by atoms with Gasteiger partial charge < -0.3 is 25.2 Å². The van der Waals surface area contributed by atoms with Crippen molar-refractivity contribution in [2.24, 2.45) is 0 Å². The molecule has 0 aromatic rings. The van der Waals surface area contributed by atoms with Crippen LogP contribution in [-0.2, 0) is 9.53 Å². The summed E-state index contributed by atoms with van der Waals surface area (Å²) in [5.74, 6) is -0.353. The maximum Gasteiger partial charge on any atom is 0.305 e. The molecule has 0 saturated carbocycles. The Morgan fingerprint density at radius 1 is 0.840 bits per heavy atom. The second-order valence-corrected chi connectivity index (χ2v) is 6.81. The van der Waals surface area contributed by atoms with Crippen molar-refractivity contribution in [1.29, 1.82) is 0 Å². The van der Waals surface area contributed by atoms with Gasteiger partial charge in [0.25, 0.3) is 0 Å². The lowest BCUT2D eigenvalue weighted by atomic mass is 10.00. The summed E-state index contributed by atoms with van der Waals surface area (Å²) in [5.41, 5.74) is 0. The molecular formula is C19H38O6. The number of carbonyl (C=O) groups is 1. The zero-order valence-corrected chi connectivity index (χ0v) is 15.7. The predicted octanol–water partition coefficient (Wildman–Crippen LogP) is 2.31. The highest BCUT2D eigenvalue weighted by Crippen LogP contribution is 2.14. The number of aliphatic hydroxyl groups excluding tert-OH is 4. The van der Waals surface area contributed by atoms with Crippen LogP contribution < -0.4 is 0 Å². The maximum atomic E-state index is 11.4. The summed E-state index contributed by atoms with van der Waals surface area (Å²) in [5, 5.41) is 37.5. The minimum absolute atomic E-state index is 0.159. The van der Waals surface area contributed by atoms with Crippen LogP contribution in [0.2, 0.25) is 0 Å². The monoisotopic (exact) mass is 362 g/mol. The Bertz CT molecular complexity index is 310. The van der Waals surface area contributed by atoms with E-state index < -0.39 is 24.9 Å². The van der Waals surface area contributed by atoms with Crippen molar-refractivity contribution in [3.8, 4) is 0 Å². The van der Waals surface area contributed by atoms with Gasteiger partial charge in [-0.2, -0.15) is 0 Å². The molecule has 0 radical (unpaired) electrons. The van der Waals surface area contributed by atoms with Gasteiger partial charge in [0.05, 0.1) is 18.8 Å². The molecule has 6 heteroatoms. The van der Waals surface area contributed by atoms with Crippen molar-refractivity contribution in [1.82, 2.24) is 0 Å². The molecule has 0 aliphatic rings. The van der Waals surface area contributed by atoms with Crippen LogP contribution >= 0.6 is 0 Å². The minimum Gasteiger partial charge on any atom is -0.463 e. The van der Waals surface area contributed by atoms with E-state index in [2.05, 4.69) is 6.92 Å². The Morgan fingerprint density at radius 3 is 1.92 bits per heavy atom. The van der Waals surface area contributed by atoms with Crippen molar-refractivity contribution in [2.75, 3.05) is 13.2 Å². The van der Waals surface area contributed by atoms with Gasteiger partial charge >= 0.3 is 5.97 Å². The molecule has 0 saturated heterocycles. The van der Waals surface area contributed by atoms with E-state index in [1.54, 1.807) is 0 Å². The second kappa shape index (κ2) is 16.8. The highest BCUT2D eigenvalue weighted by Gasteiger charge is 2.15. The fraction of sp³-hybridized carbons (Fsp3) is 0.947. The highest BCUT2D eigenvalue weighted by atomic mass is 16.5. The first-order valence-corrected chi connectivity index (χ1v) is 9.81. The normalized spacial score (nSPS) is 14.9. The SMILES string of the molecule is CCCCCCC(O)C(O)CCCCCCCC(=O)OCC(O)CO. The van der Waals surface area contributed by atoms with Gasteiger partial charge in [-0.05, 0) is 19.3 Å². The van der Waals surface area contributed by atoms with E-state index in [-0.39, 0.29) is 12.6 Å².